The van der Waals surface area contributed by atoms with Crippen LogP contribution < -0.4 is 5.73 Å². The molecule has 1 amide bonds. The molecule has 3 rings (SSSR count). The predicted molar refractivity (Wildman–Crippen MR) is 91.9 cm³/mol. The van der Waals surface area contributed by atoms with Crippen LogP contribution in [0.2, 0.25) is 0 Å². The van der Waals surface area contributed by atoms with E-state index in [4.69, 9.17) is 5.73 Å². The highest BCUT2D eigenvalue weighted by Gasteiger charge is 2.32. The van der Waals surface area contributed by atoms with Crippen LogP contribution in [0.4, 0.5) is 4.39 Å². The molecule has 0 aromatic heterocycles. The maximum atomic E-state index is 13.0. The minimum atomic E-state index is -3.61. The van der Waals surface area contributed by atoms with Crippen molar-refractivity contribution in [2.24, 2.45) is 11.7 Å². The molecular weight excluding hydrogens is 343 g/mol. The Bertz CT molecular complexity index is 881. The summed E-state index contributed by atoms with van der Waals surface area (Å²) >= 11 is 0. The molecule has 5 nitrogen and oxygen atoms in total. The van der Waals surface area contributed by atoms with E-state index in [1.807, 2.05) is 6.07 Å². The van der Waals surface area contributed by atoms with Gasteiger partial charge >= 0.3 is 0 Å². The van der Waals surface area contributed by atoms with Gasteiger partial charge in [-0.15, -0.1) is 0 Å². The summed E-state index contributed by atoms with van der Waals surface area (Å²) in [6, 6.07) is 12.0. The normalized spacial score (nSPS) is 18.4. The molecule has 0 bridgehead atoms. The highest BCUT2D eigenvalue weighted by atomic mass is 32.2. The average molecular weight is 362 g/mol. The molecule has 2 N–H and O–H groups in total. The van der Waals surface area contributed by atoms with Crippen LogP contribution in [0.1, 0.15) is 22.3 Å². The second kappa shape index (κ2) is 6.93. The Balaban J connectivity index is 1.70. The lowest BCUT2D eigenvalue weighted by Crippen LogP contribution is -2.29. The van der Waals surface area contributed by atoms with Crippen molar-refractivity contribution in [3.05, 3.63) is 65.5 Å². The summed E-state index contributed by atoms with van der Waals surface area (Å²) in [5, 5.41) is 0. The number of carbonyl (C=O) groups is 1. The highest BCUT2D eigenvalue weighted by molar-refractivity contribution is 7.89. The summed E-state index contributed by atoms with van der Waals surface area (Å²) < 4.78 is 39.7. The molecule has 0 spiro atoms. The number of amides is 1. The van der Waals surface area contributed by atoms with Gasteiger partial charge in [0.1, 0.15) is 5.82 Å². The molecule has 25 heavy (non-hydrogen) atoms. The zero-order chi connectivity index (χ0) is 18.0. The van der Waals surface area contributed by atoms with E-state index in [2.05, 4.69) is 0 Å². The fourth-order valence-electron chi connectivity index (χ4n) is 3.12. The Labute approximate surface area is 146 Å². The molecule has 0 aliphatic carbocycles. The molecule has 1 atom stereocenters. The van der Waals surface area contributed by atoms with Gasteiger partial charge in [-0.3, -0.25) is 4.79 Å². The Kier molecular flexibility index (Phi) is 4.87. The van der Waals surface area contributed by atoms with Gasteiger partial charge in [-0.25, -0.2) is 12.8 Å². The van der Waals surface area contributed by atoms with E-state index in [-0.39, 0.29) is 10.8 Å². The fourth-order valence-corrected chi connectivity index (χ4v) is 4.65. The van der Waals surface area contributed by atoms with Crippen LogP contribution in [0, 0.1) is 11.7 Å². The zero-order valence-corrected chi connectivity index (χ0v) is 14.4. The van der Waals surface area contributed by atoms with Gasteiger partial charge in [0.25, 0.3) is 0 Å². The molecule has 1 saturated heterocycles. The molecule has 2 aromatic rings. The van der Waals surface area contributed by atoms with E-state index in [0.29, 0.717) is 25.1 Å². The summed E-state index contributed by atoms with van der Waals surface area (Å²) in [5.74, 6) is -0.778. The molecule has 1 heterocycles. The molecule has 1 fully saturated rings. The first-order valence-electron chi connectivity index (χ1n) is 8.01. The smallest absolute Gasteiger partial charge is 0.248 e. The van der Waals surface area contributed by atoms with Crippen molar-refractivity contribution in [1.82, 2.24) is 4.31 Å². The van der Waals surface area contributed by atoms with Gasteiger partial charge in [0, 0.05) is 18.7 Å². The number of sulfonamides is 1. The van der Waals surface area contributed by atoms with Crippen LogP contribution in [0.15, 0.2) is 53.4 Å². The number of hydrogen-bond donors (Lipinski definition) is 1. The third-order valence-electron chi connectivity index (χ3n) is 4.44. The molecular formula is C18H19FN2O3S. The first kappa shape index (κ1) is 17.6. The minimum absolute atomic E-state index is 0.102. The minimum Gasteiger partial charge on any atom is -0.366 e. The van der Waals surface area contributed by atoms with Crippen molar-refractivity contribution in [1.29, 1.82) is 0 Å². The van der Waals surface area contributed by atoms with Crippen molar-refractivity contribution < 1.29 is 17.6 Å². The Hall–Kier alpha value is -2.25. The zero-order valence-electron chi connectivity index (χ0n) is 13.6. The summed E-state index contributed by atoms with van der Waals surface area (Å²) in [7, 11) is -3.61. The van der Waals surface area contributed by atoms with Crippen molar-refractivity contribution >= 4 is 15.9 Å². The van der Waals surface area contributed by atoms with E-state index in [0.717, 1.165) is 24.1 Å². The van der Waals surface area contributed by atoms with E-state index in [9.17, 15) is 17.6 Å². The molecule has 0 unspecified atom stereocenters. The van der Waals surface area contributed by atoms with Gasteiger partial charge in [-0.1, -0.05) is 12.1 Å². The standard InChI is InChI=1S/C18H19FN2O3S/c19-16-4-6-17(7-5-16)25(23,24)21-9-8-14(12-21)10-13-2-1-3-15(11-13)18(20)22/h1-7,11,14H,8-10,12H2,(H2,20,22)/t14-/m1/s1. The Morgan fingerprint density at radius 1 is 1.20 bits per heavy atom. The molecule has 1 aliphatic rings. The van der Waals surface area contributed by atoms with Crippen LogP contribution in [0.3, 0.4) is 0 Å². The second-order valence-electron chi connectivity index (χ2n) is 6.24. The van der Waals surface area contributed by atoms with E-state index in [1.165, 1.54) is 16.4 Å². The number of benzene rings is 2. The van der Waals surface area contributed by atoms with Crippen molar-refractivity contribution in [2.75, 3.05) is 13.1 Å². The number of rotatable bonds is 5. The van der Waals surface area contributed by atoms with Gasteiger partial charge in [-0.05, 0) is 60.7 Å². The fraction of sp³-hybridized carbons (Fsp3) is 0.278. The first-order chi connectivity index (χ1) is 11.9. The summed E-state index contributed by atoms with van der Waals surface area (Å²) in [6.45, 7) is 0.834. The monoisotopic (exact) mass is 362 g/mol. The van der Waals surface area contributed by atoms with E-state index in [1.54, 1.807) is 18.2 Å². The van der Waals surface area contributed by atoms with Crippen LogP contribution >= 0.6 is 0 Å². The summed E-state index contributed by atoms with van der Waals surface area (Å²) in [6.07, 6.45) is 1.41. The first-order valence-corrected chi connectivity index (χ1v) is 9.45. The molecule has 0 radical (unpaired) electrons. The average Bonchev–Trinajstić information content (AvgIpc) is 3.05. The molecule has 132 valence electrons. The van der Waals surface area contributed by atoms with Crippen molar-refractivity contribution in [2.45, 2.75) is 17.7 Å². The lowest BCUT2D eigenvalue weighted by Gasteiger charge is -2.17. The van der Waals surface area contributed by atoms with Crippen molar-refractivity contribution in [3.8, 4) is 0 Å². The largest absolute Gasteiger partial charge is 0.366 e. The number of primary amides is 1. The maximum absolute atomic E-state index is 13.0. The maximum Gasteiger partial charge on any atom is 0.248 e. The van der Waals surface area contributed by atoms with Gasteiger partial charge in [-0.2, -0.15) is 4.31 Å². The number of halogens is 1. The van der Waals surface area contributed by atoms with Crippen molar-refractivity contribution in [3.63, 3.8) is 0 Å². The summed E-state index contributed by atoms with van der Waals surface area (Å²) in [4.78, 5) is 11.4. The molecule has 2 aromatic carbocycles. The van der Waals surface area contributed by atoms with Gasteiger partial charge in [0.05, 0.1) is 4.90 Å². The van der Waals surface area contributed by atoms with Crippen LogP contribution in [0.25, 0.3) is 0 Å². The van der Waals surface area contributed by atoms with Gasteiger partial charge < -0.3 is 5.73 Å². The Morgan fingerprint density at radius 2 is 1.92 bits per heavy atom. The van der Waals surface area contributed by atoms with Gasteiger partial charge in [0.2, 0.25) is 15.9 Å². The predicted octanol–water partition coefficient (Wildman–Crippen LogP) is 2.18. The number of carbonyl (C=O) groups excluding carboxylic acids is 1. The number of hydrogen-bond acceptors (Lipinski definition) is 3. The SMILES string of the molecule is NC(=O)c1cccc(C[C@H]2CCN(S(=O)(=O)c3ccc(F)cc3)C2)c1. The third kappa shape index (κ3) is 3.88. The van der Waals surface area contributed by atoms with E-state index < -0.39 is 21.7 Å². The topological polar surface area (TPSA) is 80.5 Å². The number of nitrogens with zero attached hydrogens (tertiary/aromatic N) is 1. The lowest BCUT2D eigenvalue weighted by atomic mass is 9.97. The molecule has 1 aliphatic heterocycles. The van der Waals surface area contributed by atoms with Gasteiger partial charge in [0.15, 0.2) is 0 Å². The lowest BCUT2D eigenvalue weighted by molar-refractivity contribution is 0.1000. The Morgan fingerprint density at radius 3 is 2.60 bits per heavy atom. The second-order valence-corrected chi connectivity index (χ2v) is 8.18. The summed E-state index contributed by atoms with van der Waals surface area (Å²) in [5.41, 5.74) is 6.70. The molecule has 7 heteroatoms. The van der Waals surface area contributed by atoms with E-state index >= 15 is 0 Å². The van der Waals surface area contributed by atoms with Crippen LogP contribution in [-0.2, 0) is 16.4 Å². The third-order valence-corrected chi connectivity index (χ3v) is 6.32. The van der Waals surface area contributed by atoms with Crippen LogP contribution in [-0.4, -0.2) is 31.7 Å². The number of nitrogens with two attached hydrogens (primary N) is 1. The molecule has 0 saturated carbocycles. The van der Waals surface area contributed by atoms with Crippen LogP contribution in [0.5, 0.6) is 0 Å². The quantitative estimate of drug-likeness (QED) is 0.885. The highest BCUT2D eigenvalue weighted by Crippen LogP contribution is 2.27.